The molecule has 7 nitrogen and oxygen atoms in total. The predicted molar refractivity (Wildman–Crippen MR) is 138 cm³/mol. The number of para-hydroxylation sites is 1. The number of carboxylic acid groups (broad SMARTS) is 1. The molecule has 4 N–H and O–H groups in total. The zero-order valence-corrected chi connectivity index (χ0v) is 22.2. The number of amides is 2. The van der Waals surface area contributed by atoms with E-state index in [4.69, 9.17) is 9.90 Å². The molecular weight excluding hydrogens is 599 g/mol. The van der Waals surface area contributed by atoms with Gasteiger partial charge >= 0.3 is 30.5 Å². The summed E-state index contributed by atoms with van der Waals surface area (Å²) < 4.78 is 110. The number of carbonyl (C=O) groups excluding carboxylic acids is 1. The van der Waals surface area contributed by atoms with Gasteiger partial charge in [-0.25, -0.2) is 14.6 Å². The highest BCUT2D eigenvalue weighted by molar-refractivity contribution is 5.89. The van der Waals surface area contributed by atoms with Crippen molar-refractivity contribution >= 4 is 34.4 Å². The number of aryl methyl sites for hydroxylation is 1. The monoisotopic (exact) mass is 624 g/mol. The third-order valence-electron chi connectivity index (χ3n) is 6.43. The number of alkyl halides is 9. The number of benzene rings is 2. The molecule has 0 atom stereocenters. The number of nitrogens with one attached hydrogen (secondary N) is 3. The van der Waals surface area contributed by atoms with Crippen LogP contribution < -0.4 is 16.0 Å². The number of rotatable bonds is 4. The summed E-state index contributed by atoms with van der Waals surface area (Å²) in [6, 6.07) is 9.78. The molecule has 0 spiro atoms. The Labute approximate surface area is 238 Å². The van der Waals surface area contributed by atoms with Gasteiger partial charge in [0.15, 0.2) is 0 Å². The van der Waals surface area contributed by atoms with Crippen molar-refractivity contribution in [2.24, 2.45) is 0 Å². The van der Waals surface area contributed by atoms with E-state index in [9.17, 15) is 44.3 Å². The number of aromatic nitrogens is 1. The number of halogens is 9. The summed E-state index contributed by atoms with van der Waals surface area (Å²) in [7, 11) is 0. The van der Waals surface area contributed by atoms with Crippen LogP contribution in [0.2, 0.25) is 0 Å². The lowest BCUT2D eigenvalue weighted by atomic mass is 9.91. The molecule has 0 radical (unpaired) electrons. The number of anilines is 2. The first-order chi connectivity index (χ1) is 19.8. The van der Waals surface area contributed by atoms with Gasteiger partial charge in [-0.3, -0.25) is 0 Å². The molecule has 1 saturated carbocycles. The van der Waals surface area contributed by atoms with Crippen molar-refractivity contribution in [3.05, 3.63) is 65.2 Å². The van der Waals surface area contributed by atoms with Gasteiger partial charge in [-0.2, -0.15) is 39.5 Å². The molecule has 0 unspecified atom stereocenters. The van der Waals surface area contributed by atoms with Crippen molar-refractivity contribution in [3.8, 4) is 0 Å². The van der Waals surface area contributed by atoms with Crippen molar-refractivity contribution in [2.75, 3.05) is 10.6 Å². The van der Waals surface area contributed by atoms with E-state index in [1.165, 1.54) is 0 Å². The summed E-state index contributed by atoms with van der Waals surface area (Å²) in [5.74, 6) is -2.00. The van der Waals surface area contributed by atoms with Gasteiger partial charge in [0.2, 0.25) is 0 Å². The van der Waals surface area contributed by atoms with Gasteiger partial charge in [0.05, 0.1) is 16.6 Å². The number of nitrogens with zero attached hydrogens (tertiary/aromatic N) is 1. The summed E-state index contributed by atoms with van der Waals surface area (Å²) >= 11 is 0. The molecule has 4 rings (SSSR count). The Bertz CT molecular complexity index is 1420. The van der Waals surface area contributed by atoms with Crippen LogP contribution >= 0.6 is 0 Å². The van der Waals surface area contributed by atoms with E-state index in [1.807, 2.05) is 37.3 Å². The molecule has 16 heteroatoms. The summed E-state index contributed by atoms with van der Waals surface area (Å²) in [4.78, 5) is 25.9. The van der Waals surface area contributed by atoms with Crippen LogP contribution in [-0.4, -0.2) is 40.4 Å². The van der Waals surface area contributed by atoms with Crippen LogP contribution in [0.4, 0.5) is 55.8 Å². The highest BCUT2D eigenvalue weighted by Crippen LogP contribution is 2.37. The Hall–Kier alpha value is -4.24. The predicted octanol–water partition coefficient (Wildman–Crippen LogP) is 7.76. The normalized spacial score (nSPS) is 17.4. The number of hydrogen-bond acceptors (Lipinski definition) is 4. The molecule has 43 heavy (non-hydrogen) atoms. The van der Waals surface area contributed by atoms with Crippen molar-refractivity contribution < 1.29 is 54.2 Å². The lowest BCUT2D eigenvalue weighted by molar-refractivity contribution is -0.192. The minimum Gasteiger partial charge on any atom is -0.475 e. The second-order valence-corrected chi connectivity index (χ2v) is 9.73. The number of urea groups is 1. The fourth-order valence-corrected chi connectivity index (χ4v) is 4.39. The number of fused-ring (bicyclic) bond motifs is 1. The zero-order valence-electron chi connectivity index (χ0n) is 22.2. The lowest BCUT2D eigenvalue weighted by Crippen LogP contribution is -2.42. The van der Waals surface area contributed by atoms with E-state index < -0.39 is 47.3 Å². The summed E-state index contributed by atoms with van der Waals surface area (Å²) in [5.41, 5.74) is -1.58. The molecular formula is C27H25F9N4O3. The molecule has 1 aliphatic carbocycles. The fourth-order valence-electron chi connectivity index (χ4n) is 4.39. The highest BCUT2D eigenvalue weighted by atomic mass is 19.4. The van der Waals surface area contributed by atoms with Gasteiger partial charge in [0, 0.05) is 23.2 Å². The SMILES string of the molecule is Cc1cc(NC2CCC(NC(=O)Nc3cc(C(F)(F)F)cc(C(F)(F)F)c3)CC2)nc2ccccc12.O=C(O)C(F)(F)F. The van der Waals surface area contributed by atoms with Crippen LogP contribution in [0.15, 0.2) is 48.5 Å². The Morgan fingerprint density at radius 1 is 0.814 bits per heavy atom. The number of pyridine rings is 1. The molecule has 1 fully saturated rings. The van der Waals surface area contributed by atoms with Crippen molar-refractivity contribution in [2.45, 2.75) is 63.2 Å². The van der Waals surface area contributed by atoms with E-state index >= 15 is 0 Å². The van der Waals surface area contributed by atoms with Gasteiger partial charge in [-0.1, -0.05) is 18.2 Å². The zero-order chi connectivity index (χ0) is 32.2. The summed E-state index contributed by atoms with van der Waals surface area (Å²) in [5, 5.41) is 16.4. The Kier molecular flexibility index (Phi) is 10.0. The molecule has 2 amide bonds. The molecule has 3 aromatic rings. The van der Waals surface area contributed by atoms with Crippen LogP contribution in [-0.2, 0) is 17.1 Å². The molecule has 0 aliphatic heterocycles. The average molecular weight is 625 g/mol. The summed E-state index contributed by atoms with van der Waals surface area (Å²) in [6.45, 7) is 2.01. The van der Waals surface area contributed by atoms with Crippen LogP contribution in [0.3, 0.4) is 0 Å². The number of hydrogen-bond donors (Lipinski definition) is 4. The van der Waals surface area contributed by atoms with Crippen molar-refractivity contribution in [1.82, 2.24) is 10.3 Å². The van der Waals surface area contributed by atoms with Gasteiger partial charge in [-0.05, 0) is 68.5 Å². The molecule has 234 valence electrons. The van der Waals surface area contributed by atoms with Gasteiger partial charge < -0.3 is 21.1 Å². The molecule has 1 heterocycles. The third kappa shape index (κ3) is 9.64. The number of carboxylic acids is 1. The third-order valence-corrected chi connectivity index (χ3v) is 6.43. The van der Waals surface area contributed by atoms with Crippen molar-refractivity contribution in [3.63, 3.8) is 0 Å². The second kappa shape index (κ2) is 13.0. The molecule has 2 aromatic carbocycles. The standard InChI is InChI=1S/C25H24F6N4O.C2HF3O2/c1-14-10-22(35-21-5-3-2-4-20(14)21)32-17-6-8-18(9-7-17)33-23(36)34-19-12-15(24(26,27)28)11-16(13-19)25(29,30)31;3-2(4,5)1(6)7/h2-5,10-13,17-18H,6-9H2,1H3,(H,32,35)(H2,33,34,36);(H,6,7). The maximum absolute atomic E-state index is 13.0. The lowest BCUT2D eigenvalue weighted by Gasteiger charge is -2.30. The first-order valence-corrected chi connectivity index (χ1v) is 12.6. The van der Waals surface area contributed by atoms with Gasteiger partial charge in [0.25, 0.3) is 0 Å². The minimum atomic E-state index is -5.08. The Balaban J connectivity index is 0.000000646. The summed E-state index contributed by atoms with van der Waals surface area (Å²) in [6.07, 6.45) is -12.5. The Morgan fingerprint density at radius 3 is 1.84 bits per heavy atom. The van der Waals surface area contributed by atoms with E-state index in [-0.39, 0.29) is 18.2 Å². The Morgan fingerprint density at radius 2 is 1.33 bits per heavy atom. The quantitative estimate of drug-likeness (QED) is 0.222. The van der Waals surface area contributed by atoms with Crippen LogP contribution in [0.1, 0.15) is 42.4 Å². The molecule has 0 saturated heterocycles. The topological polar surface area (TPSA) is 103 Å². The maximum Gasteiger partial charge on any atom is 0.490 e. The van der Waals surface area contributed by atoms with Crippen LogP contribution in [0, 0.1) is 6.92 Å². The van der Waals surface area contributed by atoms with E-state index in [0.29, 0.717) is 37.8 Å². The second-order valence-electron chi connectivity index (χ2n) is 9.73. The smallest absolute Gasteiger partial charge is 0.475 e. The van der Waals surface area contributed by atoms with E-state index in [0.717, 1.165) is 22.3 Å². The van der Waals surface area contributed by atoms with Gasteiger partial charge in [-0.15, -0.1) is 0 Å². The first-order valence-electron chi connectivity index (χ1n) is 12.6. The number of carbonyl (C=O) groups is 2. The van der Waals surface area contributed by atoms with Crippen LogP contribution in [0.5, 0.6) is 0 Å². The highest BCUT2D eigenvalue weighted by Gasteiger charge is 2.38. The van der Waals surface area contributed by atoms with Crippen molar-refractivity contribution in [1.29, 1.82) is 0 Å². The van der Waals surface area contributed by atoms with Gasteiger partial charge in [0.1, 0.15) is 5.82 Å². The largest absolute Gasteiger partial charge is 0.490 e. The van der Waals surface area contributed by atoms with Crippen LogP contribution in [0.25, 0.3) is 10.9 Å². The fraction of sp³-hybridized carbons (Fsp3) is 0.370. The van der Waals surface area contributed by atoms with E-state index in [2.05, 4.69) is 20.9 Å². The van der Waals surface area contributed by atoms with E-state index in [1.54, 1.807) is 0 Å². The average Bonchev–Trinajstić information content (AvgIpc) is 2.88. The number of aliphatic carboxylic acids is 1. The molecule has 1 aliphatic rings. The maximum atomic E-state index is 13.0. The first kappa shape index (κ1) is 33.3. The molecule has 0 bridgehead atoms. The molecule has 1 aromatic heterocycles. The minimum absolute atomic E-state index is 0.0171.